The van der Waals surface area contributed by atoms with Gasteiger partial charge in [-0.25, -0.2) is 14.4 Å². The van der Waals surface area contributed by atoms with Gasteiger partial charge in [0.1, 0.15) is 23.4 Å². The van der Waals surface area contributed by atoms with Gasteiger partial charge in [-0.1, -0.05) is 43.6 Å². The average Bonchev–Trinajstić information content (AvgIpc) is 2.91. The Morgan fingerprint density at radius 3 is 1.33 bits per heavy atom. The lowest BCUT2D eigenvalue weighted by Gasteiger charge is -2.26. The first-order valence-corrected chi connectivity index (χ1v) is 16.8. The second-order valence-corrected chi connectivity index (χ2v) is 14.7. The third-order valence-corrected chi connectivity index (χ3v) is 6.09. The summed E-state index contributed by atoms with van der Waals surface area (Å²) in [5.74, 6) is -0.409. The molecule has 0 aliphatic carbocycles. The van der Waals surface area contributed by atoms with Crippen LogP contribution in [0.3, 0.4) is 0 Å². The maximum atomic E-state index is 12.9. The van der Waals surface area contributed by atoms with Crippen LogP contribution in [0.1, 0.15) is 82.1 Å². The van der Waals surface area contributed by atoms with Crippen LogP contribution in [0.5, 0.6) is 0 Å². The molecule has 0 unspecified atom stereocenters. The average molecular weight is 747 g/mol. The summed E-state index contributed by atoms with van der Waals surface area (Å²) in [4.78, 5) is 59.4. The molecule has 5 amide bonds. The number of hydrogen-bond acceptors (Lipinski definition) is 8. The molecular formula is C33H56BrN5O9. The van der Waals surface area contributed by atoms with E-state index >= 15 is 0 Å². The van der Waals surface area contributed by atoms with Crippen molar-refractivity contribution in [2.24, 2.45) is 11.8 Å². The Hall–Kier alpha value is -3.59. The number of carbonyl (C=O) groups excluding carboxylic acids is 4. The molecule has 1 rings (SSSR count). The molecular weight excluding hydrogens is 690 g/mol. The minimum absolute atomic E-state index is 0.149. The summed E-state index contributed by atoms with van der Waals surface area (Å²) in [5.41, 5.74) is -0.649. The summed E-state index contributed by atoms with van der Waals surface area (Å²) in [7, 11) is 0. The number of halogens is 1. The summed E-state index contributed by atoms with van der Waals surface area (Å²) in [5, 5.41) is 21.2. The van der Waals surface area contributed by atoms with Crippen molar-refractivity contribution in [2.75, 3.05) is 31.5 Å². The van der Waals surface area contributed by atoms with E-state index in [-0.39, 0.29) is 49.8 Å². The van der Waals surface area contributed by atoms with Gasteiger partial charge in [0.2, 0.25) is 11.8 Å². The standard InChI is InChI=1S/C26H50N4O7.C7H6BrNO2/c1-17(2)15-19(21(31)27-11-13-29-23(33)36-25(5,6)7)35-20(16-18(3)4)22(32)28-12-14-30-24(34)37-26(8,9)10;8-5-1-3-6(4-2-5)9-7(10)11/h17-20H,11-16H2,1-10H3,(H,27,31)(H,28,32)(H,29,33)(H,30,34);1-4,9H,(H,10,11)/t19-,20-;/m0./s1. The molecule has 2 atom stereocenters. The van der Waals surface area contributed by atoms with Gasteiger partial charge in [0.15, 0.2) is 0 Å². The second kappa shape index (κ2) is 22.1. The summed E-state index contributed by atoms with van der Waals surface area (Å²) in [6.07, 6.45) is -3.00. The molecule has 0 aliphatic heterocycles. The van der Waals surface area contributed by atoms with Gasteiger partial charge in [-0.15, -0.1) is 0 Å². The Morgan fingerprint density at radius 2 is 1.02 bits per heavy atom. The number of carboxylic acid groups (broad SMARTS) is 1. The number of anilines is 1. The van der Waals surface area contributed by atoms with E-state index in [0.717, 1.165) is 4.47 Å². The van der Waals surface area contributed by atoms with E-state index in [0.29, 0.717) is 18.5 Å². The van der Waals surface area contributed by atoms with Crippen molar-refractivity contribution in [1.29, 1.82) is 0 Å². The molecule has 0 fully saturated rings. The summed E-state index contributed by atoms with van der Waals surface area (Å²) >= 11 is 3.24. The highest BCUT2D eigenvalue weighted by molar-refractivity contribution is 9.10. The van der Waals surface area contributed by atoms with Gasteiger partial charge >= 0.3 is 18.3 Å². The number of ether oxygens (including phenoxy) is 3. The highest BCUT2D eigenvalue weighted by atomic mass is 79.9. The van der Waals surface area contributed by atoms with Crippen molar-refractivity contribution in [1.82, 2.24) is 21.3 Å². The number of nitrogens with one attached hydrogen (secondary N) is 5. The lowest BCUT2D eigenvalue weighted by atomic mass is 10.0. The monoisotopic (exact) mass is 745 g/mol. The van der Waals surface area contributed by atoms with Crippen molar-refractivity contribution in [3.05, 3.63) is 28.7 Å². The van der Waals surface area contributed by atoms with E-state index in [4.69, 9.17) is 19.3 Å². The summed E-state index contributed by atoms with van der Waals surface area (Å²) < 4.78 is 17.3. The topological polar surface area (TPSA) is 193 Å². The molecule has 0 radical (unpaired) electrons. The molecule has 1 aromatic carbocycles. The van der Waals surface area contributed by atoms with Crippen LogP contribution in [-0.4, -0.2) is 84.8 Å². The molecule has 0 bridgehead atoms. The molecule has 0 saturated heterocycles. The number of hydrogen-bond donors (Lipinski definition) is 6. The van der Waals surface area contributed by atoms with Gasteiger partial charge in [-0.2, -0.15) is 0 Å². The molecule has 0 aliphatic rings. The Kier molecular flexibility index (Phi) is 20.5. The van der Waals surface area contributed by atoms with E-state index in [9.17, 15) is 24.0 Å². The van der Waals surface area contributed by atoms with E-state index in [1.165, 1.54) is 0 Å². The molecule has 15 heteroatoms. The number of rotatable bonds is 15. The lowest BCUT2D eigenvalue weighted by molar-refractivity contribution is -0.148. The van der Waals surface area contributed by atoms with Gasteiger partial charge in [0.05, 0.1) is 0 Å². The molecule has 0 saturated carbocycles. The fourth-order valence-electron chi connectivity index (χ4n) is 3.72. The maximum Gasteiger partial charge on any atom is 0.409 e. The molecule has 0 spiro atoms. The molecule has 14 nitrogen and oxygen atoms in total. The minimum atomic E-state index is -1.05. The Balaban J connectivity index is 0.00000168. The van der Waals surface area contributed by atoms with Crippen molar-refractivity contribution in [3.63, 3.8) is 0 Å². The van der Waals surface area contributed by atoms with Crippen LogP contribution < -0.4 is 26.6 Å². The molecule has 0 aromatic heterocycles. The third kappa shape index (κ3) is 24.6. The van der Waals surface area contributed by atoms with Crippen LogP contribution in [0.15, 0.2) is 28.7 Å². The van der Waals surface area contributed by atoms with Crippen LogP contribution in [0, 0.1) is 11.8 Å². The van der Waals surface area contributed by atoms with Crippen LogP contribution in [0.4, 0.5) is 20.1 Å². The van der Waals surface area contributed by atoms with Crippen molar-refractivity contribution >= 4 is 51.7 Å². The first-order chi connectivity index (χ1) is 22.1. The van der Waals surface area contributed by atoms with E-state index in [2.05, 4.69) is 42.5 Å². The molecule has 6 N–H and O–H groups in total. The summed E-state index contributed by atoms with van der Waals surface area (Å²) in [6.45, 7) is 19.2. The second-order valence-electron chi connectivity index (χ2n) is 13.7. The minimum Gasteiger partial charge on any atom is -0.465 e. The zero-order valence-corrected chi connectivity index (χ0v) is 31.5. The Labute approximate surface area is 293 Å². The molecule has 274 valence electrons. The fraction of sp³-hybridized carbons (Fsp3) is 0.667. The van der Waals surface area contributed by atoms with Crippen molar-refractivity contribution in [2.45, 2.75) is 105 Å². The van der Waals surface area contributed by atoms with Crippen LogP contribution in [-0.2, 0) is 23.8 Å². The van der Waals surface area contributed by atoms with Crippen LogP contribution >= 0.6 is 15.9 Å². The molecule has 0 heterocycles. The van der Waals surface area contributed by atoms with Gasteiger partial charge in [0, 0.05) is 36.3 Å². The first-order valence-electron chi connectivity index (χ1n) is 16.0. The summed E-state index contributed by atoms with van der Waals surface area (Å²) in [6, 6.07) is 6.90. The Bertz CT molecular complexity index is 1090. The highest BCUT2D eigenvalue weighted by Gasteiger charge is 2.29. The number of amides is 5. The van der Waals surface area contributed by atoms with Crippen LogP contribution in [0.2, 0.25) is 0 Å². The Morgan fingerprint density at radius 1 is 0.667 bits per heavy atom. The lowest BCUT2D eigenvalue weighted by Crippen LogP contribution is -2.47. The first kappa shape index (κ1) is 44.4. The molecule has 1 aromatic rings. The largest absolute Gasteiger partial charge is 0.465 e. The van der Waals surface area contributed by atoms with Gasteiger partial charge < -0.3 is 40.6 Å². The zero-order chi connectivity index (χ0) is 37.1. The van der Waals surface area contributed by atoms with E-state index in [1.54, 1.807) is 65.8 Å². The number of carbonyl (C=O) groups is 5. The zero-order valence-electron chi connectivity index (χ0n) is 30.0. The van der Waals surface area contributed by atoms with Crippen LogP contribution in [0.25, 0.3) is 0 Å². The normalized spacial score (nSPS) is 12.5. The van der Waals surface area contributed by atoms with E-state index < -0.39 is 41.7 Å². The van der Waals surface area contributed by atoms with Gasteiger partial charge in [-0.05, 0) is 90.5 Å². The van der Waals surface area contributed by atoms with Gasteiger partial charge in [-0.3, -0.25) is 14.9 Å². The number of benzene rings is 1. The predicted octanol–water partition coefficient (Wildman–Crippen LogP) is 5.65. The quantitative estimate of drug-likeness (QED) is 0.123. The van der Waals surface area contributed by atoms with Crippen molar-refractivity contribution in [3.8, 4) is 0 Å². The van der Waals surface area contributed by atoms with Gasteiger partial charge in [0.25, 0.3) is 0 Å². The van der Waals surface area contributed by atoms with E-state index in [1.807, 2.05) is 27.7 Å². The highest BCUT2D eigenvalue weighted by Crippen LogP contribution is 2.17. The molecule has 48 heavy (non-hydrogen) atoms. The predicted molar refractivity (Wildman–Crippen MR) is 188 cm³/mol. The maximum absolute atomic E-state index is 12.9. The third-order valence-electron chi connectivity index (χ3n) is 5.56. The number of alkyl carbamates (subject to hydrolysis) is 2. The fourth-order valence-corrected chi connectivity index (χ4v) is 3.98. The van der Waals surface area contributed by atoms with Crippen molar-refractivity contribution < 1.29 is 43.3 Å². The smallest absolute Gasteiger partial charge is 0.409 e. The SMILES string of the molecule is CC(C)C[C@H](O[C@@H](CC(C)C)C(=O)NCCNC(=O)OC(C)(C)C)C(=O)NCCNC(=O)OC(C)(C)C.O=C(O)Nc1ccc(Br)cc1.